The van der Waals surface area contributed by atoms with Gasteiger partial charge in [0.05, 0.1) is 0 Å². The number of halogens is 1. The zero-order valence-electron chi connectivity index (χ0n) is 14.1. The van der Waals surface area contributed by atoms with E-state index in [-0.39, 0.29) is 29.8 Å². The number of rotatable bonds is 1. The van der Waals surface area contributed by atoms with Crippen molar-refractivity contribution in [2.45, 2.75) is 24.7 Å². The van der Waals surface area contributed by atoms with Gasteiger partial charge in [-0.2, -0.15) is 0 Å². The first kappa shape index (κ1) is 15.8. The minimum absolute atomic E-state index is 0.00251. The molecule has 126 valence electrons. The van der Waals surface area contributed by atoms with Crippen molar-refractivity contribution in [3.63, 3.8) is 0 Å². The Labute approximate surface area is 145 Å². The molecule has 1 aliphatic heterocycles. The fourth-order valence-electron chi connectivity index (χ4n) is 4.41. The number of para-hydroxylation sites is 1. The minimum Gasteiger partial charge on any atom is -0.314 e. The molecule has 1 heterocycles. The summed E-state index contributed by atoms with van der Waals surface area (Å²) in [6.07, 6.45) is 1.82. The summed E-state index contributed by atoms with van der Waals surface area (Å²) in [6.45, 7) is 1.85. The second-order valence-corrected chi connectivity index (χ2v) is 6.79. The number of allylic oxidation sites excluding steroid dienone is 1. The number of benzene rings is 2. The zero-order chi connectivity index (χ0) is 17.8. The van der Waals surface area contributed by atoms with Gasteiger partial charge in [-0.15, -0.1) is 0 Å². The number of hydrogen-bond donors (Lipinski definition) is 0. The van der Waals surface area contributed by atoms with Gasteiger partial charge < -0.3 is 4.90 Å². The number of carbonyl (C=O) groups excluding carboxylic acids is 2. The van der Waals surface area contributed by atoms with Gasteiger partial charge in [0.1, 0.15) is 11.2 Å². The zero-order valence-corrected chi connectivity index (χ0v) is 14.1. The first-order valence-corrected chi connectivity index (χ1v) is 8.31. The Morgan fingerprint density at radius 2 is 1.76 bits per heavy atom. The summed E-state index contributed by atoms with van der Waals surface area (Å²) in [5.41, 5.74) is 2.43. The van der Waals surface area contributed by atoms with Gasteiger partial charge in [0.2, 0.25) is 5.91 Å². The van der Waals surface area contributed by atoms with Crippen LogP contribution in [0.5, 0.6) is 0 Å². The van der Waals surface area contributed by atoms with Crippen molar-refractivity contribution in [2.24, 2.45) is 0 Å². The molecule has 4 heteroatoms. The molecule has 3 nitrogen and oxygen atoms in total. The van der Waals surface area contributed by atoms with Gasteiger partial charge in [0, 0.05) is 25.1 Å². The van der Waals surface area contributed by atoms with Crippen LogP contribution in [0.25, 0.3) is 0 Å². The van der Waals surface area contributed by atoms with E-state index in [4.69, 9.17) is 0 Å². The van der Waals surface area contributed by atoms with E-state index < -0.39 is 5.41 Å². The van der Waals surface area contributed by atoms with Gasteiger partial charge in [-0.05, 0) is 47.9 Å². The van der Waals surface area contributed by atoms with Crippen LogP contribution in [-0.4, -0.2) is 18.7 Å². The second kappa shape index (κ2) is 5.38. The van der Waals surface area contributed by atoms with Crippen molar-refractivity contribution >= 4 is 17.4 Å². The molecule has 0 saturated carbocycles. The lowest BCUT2D eigenvalue weighted by molar-refractivity contribution is -0.123. The molecule has 0 N–H and O–H groups in total. The van der Waals surface area contributed by atoms with E-state index in [0.717, 1.165) is 22.4 Å². The van der Waals surface area contributed by atoms with Crippen LogP contribution in [0, 0.1) is 5.82 Å². The molecule has 0 bridgehead atoms. The smallest absolute Gasteiger partial charge is 0.242 e. The Hall–Kier alpha value is -2.75. The molecule has 0 unspecified atom stereocenters. The average Bonchev–Trinajstić information content (AvgIpc) is 2.82. The van der Waals surface area contributed by atoms with Crippen LogP contribution in [-0.2, 0) is 15.0 Å². The second-order valence-electron chi connectivity index (χ2n) is 6.79. The summed E-state index contributed by atoms with van der Waals surface area (Å²) in [5.74, 6) is -0.715. The highest BCUT2D eigenvalue weighted by Gasteiger charge is 2.57. The van der Waals surface area contributed by atoms with E-state index in [0.29, 0.717) is 0 Å². The maximum Gasteiger partial charge on any atom is 0.242 e. The summed E-state index contributed by atoms with van der Waals surface area (Å²) in [5, 5.41) is 0. The number of amides is 1. The number of nitrogens with zero attached hydrogens (tertiary/aromatic N) is 1. The lowest BCUT2D eigenvalue weighted by Crippen LogP contribution is -2.47. The highest BCUT2D eigenvalue weighted by Crippen LogP contribution is 2.56. The highest BCUT2D eigenvalue weighted by atomic mass is 19.1. The van der Waals surface area contributed by atoms with Gasteiger partial charge >= 0.3 is 0 Å². The normalized spacial score (nSPS) is 25.3. The highest BCUT2D eigenvalue weighted by molar-refractivity contribution is 6.13. The van der Waals surface area contributed by atoms with Crippen LogP contribution in [0.1, 0.15) is 30.4 Å². The molecule has 4 rings (SSSR count). The molecular weight excluding hydrogens is 317 g/mol. The van der Waals surface area contributed by atoms with Crippen LogP contribution in [0.15, 0.2) is 60.2 Å². The number of anilines is 1. The van der Waals surface area contributed by atoms with Crippen LogP contribution in [0.3, 0.4) is 0 Å². The first-order chi connectivity index (χ1) is 12.0. The predicted molar refractivity (Wildman–Crippen MR) is 94.1 cm³/mol. The van der Waals surface area contributed by atoms with Crippen LogP contribution in [0.4, 0.5) is 10.1 Å². The predicted octanol–water partition coefficient (Wildman–Crippen LogP) is 3.74. The SMILES string of the molecule is CC1=CC(=O)C[C@H](c2ccc(F)cc2)[C@]12C(=O)N(C)c1ccccc12. The Morgan fingerprint density at radius 3 is 2.48 bits per heavy atom. The van der Waals surface area contributed by atoms with E-state index >= 15 is 0 Å². The third-order valence-corrected chi connectivity index (χ3v) is 5.53. The molecular formula is C21H18FNO2. The van der Waals surface area contributed by atoms with E-state index in [9.17, 15) is 14.0 Å². The maximum atomic E-state index is 13.4. The molecule has 0 radical (unpaired) electrons. The summed E-state index contributed by atoms with van der Waals surface area (Å²) in [7, 11) is 1.77. The number of likely N-dealkylation sites (N-methyl/N-ethyl adjacent to an activating group) is 1. The summed E-state index contributed by atoms with van der Waals surface area (Å²) < 4.78 is 13.4. The molecule has 2 aromatic carbocycles. The standard InChI is InChI=1S/C21H18FNO2/c1-13-11-16(24)12-18(14-7-9-15(22)10-8-14)21(13)17-5-3-4-6-19(17)23(2)20(21)25/h3-11,18H,12H2,1-2H3/t18-,21+/m1/s1. The van der Waals surface area contributed by atoms with Crippen molar-refractivity contribution in [3.8, 4) is 0 Å². The largest absolute Gasteiger partial charge is 0.314 e. The number of carbonyl (C=O) groups is 2. The number of fused-ring (bicyclic) bond motifs is 2. The monoisotopic (exact) mass is 335 g/mol. The van der Waals surface area contributed by atoms with Gasteiger partial charge in [0.25, 0.3) is 0 Å². The molecule has 0 fully saturated rings. The summed E-state index contributed by atoms with van der Waals surface area (Å²) in [6, 6.07) is 13.8. The molecule has 0 saturated heterocycles. The summed E-state index contributed by atoms with van der Waals surface area (Å²) in [4.78, 5) is 27.4. The third kappa shape index (κ3) is 2.03. The lowest BCUT2D eigenvalue weighted by atomic mass is 9.60. The topological polar surface area (TPSA) is 37.4 Å². The first-order valence-electron chi connectivity index (χ1n) is 8.31. The molecule has 1 spiro atoms. The Bertz CT molecular complexity index is 916. The van der Waals surface area contributed by atoms with E-state index in [1.165, 1.54) is 12.1 Å². The maximum absolute atomic E-state index is 13.4. The Balaban J connectivity index is 2.01. The fourth-order valence-corrected chi connectivity index (χ4v) is 4.41. The van der Waals surface area contributed by atoms with Gasteiger partial charge in [-0.1, -0.05) is 30.3 Å². The quantitative estimate of drug-likeness (QED) is 0.796. The van der Waals surface area contributed by atoms with E-state index in [2.05, 4.69) is 0 Å². The van der Waals surface area contributed by atoms with Crippen LogP contribution < -0.4 is 4.90 Å². The van der Waals surface area contributed by atoms with Crippen molar-refractivity contribution in [1.29, 1.82) is 0 Å². The molecule has 25 heavy (non-hydrogen) atoms. The molecule has 2 atom stereocenters. The van der Waals surface area contributed by atoms with Gasteiger partial charge in [-0.3, -0.25) is 9.59 Å². The molecule has 1 aliphatic carbocycles. The van der Waals surface area contributed by atoms with Crippen molar-refractivity contribution in [3.05, 3.63) is 77.1 Å². The van der Waals surface area contributed by atoms with Crippen molar-refractivity contribution < 1.29 is 14.0 Å². The molecule has 0 aromatic heterocycles. The third-order valence-electron chi connectivity index (χ3n) is 5.53. The van der Waals surface area contributed by atoms with E-state index in [1.54, 1.807) is 30.2 Å². The average molecular weight is 335 g/mol. The van der Waals surface area contributed by atoms with Crippen LogP contribution >= 0.6 is 0 Å². The van der Waals surface area contributed by atoms with Crippen molar-refractivity contribution in [2.75, 3.05) is 11.9 Å². The molecule has 2 aliphatic rings. The number of ketones is 1. The number of hydrogen-bond acceptors (Lipinski definition) is 2. The molecule has 2 aromatic rings. The molecule has 1 amide bonds. The minimum atomic E-state index is -0.906. The fraction of sp³-hybridized carbons (Fsp3) is 0.238. The lowest BCUT2D eigenvalue weighted by Gasteiger charge is -2.40. The Morgan fingerprint density at radius 1 is 1.08 bits per heavy atom. The summed E-state index contributed by atoms with van der Waals surface area (Å²) >= 11 is 0. The Kier molecular flexibility index (Phi) is 3.39. The van der Waals surface area contributed by atoms with Crippen LogP contribution in [0.2, 0.25) is 0 Å². The van der Waals surface area contributed by atoms with E-state index in [1.807, 2.05) is 31.2 Å². The van der Waals surface area contributed by atoms with Gasteiger partial charge in [0.15, 0.2) is 5.78 Å². The van der Waals surface area contributed by atoms with Crippen molar-refractivity contribution in [1.82, 2.24) is 0 Å². The van der Waals surface area contributed by atoms with Gasteiger partial charge in [-0.25, -0.2) is 4.39 Å².